The van der Waals surface area contributed by atoms with E-state index >= 15 is 0 Å². The fourth-order valence-electron chi connectivity index (χ4n) is 3.07. The van der Waals surface area contributed by atoms with Crippen molar-refractivity contribution >= 4 is 5.78 Å². The second-order valence-electron chi connectivity index (χ2n) is 5.44. The zero-order valence-corrected chi connectivity index (χ0v) is 11.6. The van der Waals surface area contributed by atoms with Gasteiger partial charge in [0, 0.05) is 6.61 Å². The van der Waals surface area contributed by atoms with Crippen LogP contribution in [0.25, 0.3) is 0 Å². The third-order valence-corrected chi connectivity index (χ3v) is 3.91. The van der Waals surface area contributed by atoms with Gasteiger partial charge in [-0.05, 0) is 44.2 Å². The Morgan fingerprint density at radius 3 is 2.84 bits per heavy atom. The number of hydrogen-bond donors (Lipinski definition) is 0. The highest BCUT2D eigenvalue weighted by Crippen LogP contribution is 2.38. The zero-order valence-electron chi connectivity index (χ0n) is 11.6. The smallest absolute Gasteiger partial charge is 0.197 e. The molecule has 1 aromatic carbocycles. The molecule has 2 unspecified atom stereocenters. The lowest BCUT2D eigenvalue weighted by atomic mass is 9.74. The van der Waals surface area contributed by atoms with E-state index in [0.717, 1.165) is 12.8 Å². The molecule has 2 atom stereocenters. The van der Waals surface area contributed by atoms with E-state index < -0.39 is 11.4 Å². The summed E-state index contributed by atoms with van der Waals surface area (Å²) in [5.74, 6) is -0.208. The highest BCUT2D eigenvalue weighted by atomic mass is 19.1. The van der Waals surface area contributed by atoms with E-state index in [1.54, 1.807) is 18.2 Å². The van der Waals surface area contributed by atoms with Crippen molar-refractivity contribution in [2.75, 3.05) is 6.61 Å². The minimum Gasteiger partial charge on any atom is -0.367 e. The van der Waals surface area contributed by atoms with Crippen molar-refractivity contribution in [1.29, 1.82) is 0 Å². The van der Waals surface area contributed by atoms with Crippen LogP contribution >= 0.6 is 0 Å². The predicted molar refractivity (Wildman–Crippen MR) is 72.7 cm³/mol. The van der Waals surface area contributed by atoms with Gasteiger partial charge in [0.05, 0.1) is 5.56 Å². The van der Waals surface area contributed by atoms with Crippen molar-refractivity contribution in [2.45, 2.75) is 45.1 Å². The largest absolute Gasteiger partial charge is 0.367 e. The third-order valence-electron chi connectivity index (χ3n) is 3.91. The van der Waals surface area contributed by atoms with Crippen LogP contribution in [0.4, 0.5) is 4.39 Å². The summed E-state index contributed by atoms with van der Waals surface area (Å²) in [4.78, 5) is 12.7. The zero-order chi connectivity index (χ0) is 13.9. The first-order valence-electron chi connectivity index (χ1n) is 7.02. The molecule has 0 bridgehead atoms. The van der Waals surface area contributed by atoms with Crippen LogP contribution in [0.2, 0.25) is 0 Å². The number of ether oxygens (including phenoxy) is 1. The maximum absolute atomic E-state index is 13.8. The van der Waals surface area contributed by atoms with Crippen LogP contribution < -0.4 is 0 Å². The Labute approximate surface area is 114 Å². The van der Waals surface area contributed by atoms with Gasteiger partial charge in [-0.3, -0.25) is 4.79 Å². The molecule has 1 fully saturated rings. The van der Waals surface area contributed by atoms with E-state index in [-0.39, 0.29) is 11.3 Å². The van der Waals surface area contributed by atoms with Gasteiger partial charge < -0.3 is 4.74 Å². The Kier molecular flexibility index (Phi) is 4.35. The van der Waals surface area contributed by atoms with Crippen molar-refractivity contribution in [3.63, 3.8) is 0 Å². The standard InChI is InChI=1S/C16H21FO2/c1-3-19-16(10-6-7-12(2)11-16)15(18)13-8-4-5-9-14(13)17/h4-5,8-9,12H,3,6-7,10-11H2,1-2H3. The molecule has 1 aromatic rings. The van der Waals surface area contributed by atoms with Gasteiger partial charge >= 0.3 is 0 Å². The van der Waals surface area contributed by atoms with E-state index in [1.165, 1.54) is 6.07 Å². The molecule has 1 saturated carbocycles. The lowest BCUT2D eigenvalue weighted by molar-refractivity contribution is -0.0513. The van der Waals surface area contributed by atoms with Crippen LogP contribution in [0, 0.1) is 11.7 Å². The van der Waals surface area contributed by atoms with Gasteiger partial charge in [-0.15, -0.1) is 0 Å². The number of carbonyl (C=O) groups excluding carboxylic acids is 1. The Morgan fingerprint density at radius 1 is 1.47 bits per heavy atom. The second kappa shape index (κ2) is 5.83. The molecule has 1 aliphatic carbocycles. The molecule has 2 nitrogen and oxygen atoms in total. The van der Waals surface area contributed by atoms with Crippen molar-refractivity contribution < 1.29 is 13.9 Å². The average Bonchev–Trinajstić information content (AvgIpc) is 2.39. The molecule has 0 radical (unpaired) electrons. The summed E-state index contributed by atoms with van der Waals surface area (Å²) in [5, 5.41) is 0. The number of ketones is 1. The van der Waals surface area contributed by atoms with Gasteiger partial charge in [-0.1, -0.05) is 25.5 Å². The van der Waals surface area contributed by atoms with Crippen molar-refractivity contribution in [3.05, 3.63) is 35.6 Å². The summed E-state index contributed by atoms with van der Waals surface area (Å²) < 4.78 is 19.6. The molecule has 0 aromatic heterocycles. The normalized spacial score (nSPS) is 27.2. The molecule has 0 amide bonds. The highest BCUT2D eigenvalue weighted by Gasteiger charge is 2.43. The average molecular weight is 264 g/mol. The van der Waals surface area contributed by atoms with Gasteiger partial charge in [0.1, 0.15) is 11.4 Å². The lowest BCUT2D eigenvalue weighted by Gasteiger charge is -2.38. The fraction of sp³-hybridized carbons (Fsp3) is 0.562. The maximum Gasteiger partial charge on any atom is 0.197 e. The summed E-state index contributed by atoms with van der Waals surface area (Å²) in [6, 6.07) is 6.18. The molecule has 0 saturated heterocycles. The molecule has 0 heterocycles. The molecule has 104 valence electrons. The van der Waals surface area contributed by atoms with Gasteiger partial charge in [-0.2, -0.15) is 0 Å². The lowest BCUT2D eigenvalue weighted by Crippen LogP contribution is -2.45. The number of halogens is 1. The molecule has 2 rings (SSSR count). The van der Waals surface area contributed by atoms with Crippen LogP contribution in [-0.2, 0) is 4.74 Å². The van der Waals surface area contributed by atoms with Gasteiger partial charge in [0.25, 0.3) is 0 Å². The van der Waals surface area contributed by atoms with Crippen LogP contribution in [0.1, 0.15) is 49.9 Å². The van der Waals surface area contributed by atoms with E-state index in [1.807, 2.05) is 6.92 Å². The van der Waals surface area contributed by atoms with E-state index in [2.05, 4.69) is 6.92 Å². The number of benzene rings is 1. The Hall–Kier alpha value is -1.22. The van der Waals surface area contributed by atoms with Gasteiger partial charge in [-0.25, -0.2) is 4.39 Å². The number of Topliss-reactive ketones (excluding diaryl/α,β-unsaturated/α-hetero) is 1. The summed E-state index contributed by atoms with van der Waals surface area (Å²) in [6.45, 7) is 4.49. The second-order valence-corrected chi connectivity index (χ2v) is 5.44. The molecular formula is C16H21FO2. The van der Waals surface area contributed by atoms with Gasteiger partial charge in [0.2, 0.25) is 0 Å². The Morgan fingerprint density at radius 2 is 2.21 bits per heavy atom. The topological polar surface area (TPSA) is 26.3 Å². The van der Waals surface area contributed by atoms with Crippen molar-refractivity contribution in [1.82, 2.24) is 0 Å². The van der Waals surface area contributed by atoms with Crippen molar-refractivity contribution in [3.8, 4) is 0 Å². The molecule has 1 aliphatic rings. The quantitative estimate of drug-likeness (QED) is 0.768. The number of carbonyl (C=O) groups is 1. The SMILES string of the molecule is CCOC1(C(=O)c2ccccc2F)CCCC(C)C1. The summed E-state index contributed by atoms with van der Waals surface area (Å²) in [6.07, 6.45) is 3.45. The molecule has 0 N–H and O–H groups in total. The third kappa shape index (κ3) is 2.86. The van der Waals surface area contributed by atoms with Crippen LogP contribution in [0.15, 0.2) is 24.3 Å². The fourth-order valence-corrected chi connectivity index (χ4v) is 3.07. The van der Waals surface area contributed by atoms with E-state index in [0.29, 0.717) is 25.4 Å². The van der Waals surface area contributed by atoms with Crippen LogP contribution in [-0.4, -0.2) is 18.0 Å². The van der Waals surface area contributed by atoms with E-state index in [9.17, 15) is 9.18 Å². The first-order chi connectivity index (χ1) is 9.09. The van der Waals surface area contributed by atoms with E-state index in [4.69, 9.17) is 4.74 Å². The number of rotatable bonds is 4. The molecule has 0 aliphatic heterocycles. The van der Waals surface area contributed by atoms with Crippen molar-refractivity contribution in [2.24, 2.45) is 5.92 Å². The minimum atomic E-state index is -0.825. The number of hydrogen-bond acceptors (Lipinski definition) is 2. The summed E-state index contributed by atoms with van der Waals surface area (Å²) in [5.41, 5.74) is -0.667. The van der Waals surface area contributed by atoms with Gasteiger partial charge in [0.15, 0.2) is 5.78 Å². The Bertz CT molecular complexity index is 454. The minimum absolute atomic E-state index is 0.157. The molecule has 19 heavy (non-hydrogen) atoms. The van der Waals surface area contributed by atoms with Crippen LogP contribution in [0.3, 0.4) is 0 Å². The van der Waals surface area contributed by atoms with Crippen LogP contribution in [0.5, 0.6) is 0 Å². The maximum atomic E-state index is 13.8. The monoisotopic (exact) mass is 264 g/mol. The molecule has 3 heteroatoms. The summed E-state index contributed by atoms with van der Waals surface area (Å²) in [7, 11) is 0. The molecular weight excluding hydrogens is 243 g/mol. The molecule has 0 spiro atoms. The first-order valence-corrected chi connectivity index (χ1v) is 7.02. The predicted octanol–water partition coefficient (Wildman–Crippen LogP) is 3.99. The Balaban J connectivity index is 2.33. The summed E-state index contributed by atoms with van der Waals surface area (Å²) >= 11 is 0. The highest BCUT2D eigenvalue weighted by molar-refractivity contribution is 6.02. The first kappa shape index (κ1) is 14.2.